The van der Waals surface area contributed by atoms with E-state index in [2.05, 4.69) is 21.2 Å². The summed E-state index contributed by atoms with van der Waals surface area (Å²) in [6, 6.07) is 11.0. The molecule has 2 aromatic carbocycles. The summed E-state index contributed by atoms with van der Waals surface area (Å²) < 4.78 is 24.6. The molecule has 0 bridgehead atoms. The van der Waals surface area contributed by atoms with Crippen LogP contribution in [0.5, 0.6) is 5.75 Å². The van der Waals surface area contributed by atoms with Crippen molar-refractivity contribution >= 4 is 38.5 Å². The van der Waals surface area contributed by atoms with Gasteiger partial charge in [0.2, 0.25) is 0 Å². The molecular weight excluding hydrogens is 353 g/mol. The number of ether oxygens (including phenoxy) is 1. The van der Waals surface area contributed by atoms with Crippen LogP contribution in [0.25, 0.3) is 11.0 Å². The number of nitrogens with one attached hydrogen (secondary N) is 1. The Bertz CT molecular complexity index is 860. The van der Waals surface area contributed by atoms with Gasteiger partial charge in [-0.1, -0.05) is 15.9 Å². The van der Waals surface area contributed by atoms with Gasteiger partial charge < -0.3 is 14.5 Å². The van der Waals surface area contributed by atoms with Crippen LogP contribution < -0.4 is 10.1 Å². The zero-order valence-electron chi connectivity index (χ0n) is 11.5. The van der Waals surface area contributed by atoms with Gasteiger partial charge in [0.25, 0.3) is 5.91 Å². The number of hydrogen-bond acceptors (Lipinski definition) is 3. The number of halogens is 2. The summed E-state index contributed by atoms with van der Waals surface area (Å²) in [5.74, 6) is -0.465. The molecule has 0 aliphatic rings. The highest BCUT2D eigenvalue weighted by Gasteiger charge is 2.15. The Balaban J connectivity index is 1.90. The number of anilines is 1. The van der Waals surface area contributed by atoms with E-state index in [-0.39, 0.29) is 11.5 Å². The lowest BCUT2D eigenvalue weighted by atomic mass is 10.2. The number of furan rings is 1. The van der Waals surface area contributed by atoms with Gasteiger partial charge in [0.15, 0.2) is 5.76 Å². The van der Waals surface area contributed by atoms with Crippen LogP contribution in [0, 0.1) is 5.82 Å². The molecule has 0 aliphatic carbocycles. The molecular formula is C16H11BrFNO3. The Morgan fingerprint density at radius 3 is 2.82 bits per heavy atom. The first-order valence-electron chi connectivity index (χ1n) is 6.41. The lowest BCUT2D eigenvalue weighted by Crippen LogP contribution is -2.11. The van der Waals surface area contributed by atoms with Crippen molar-refractivity contribution in [1.82, 2.24) is 0 Å². The summed E-state index contributed by atoms with van der Waals surface area (Å²) in [7, 11) is 1.41. The Kier molecular flexibility index (Phi) is 3.85. The predicted octanol–water partition coefficient (Wildman–Crippen LogP) is 4.60. The van der Waals surface area contributed by atoms with E-state index in [0.717, 1.165) is 9.86 Å². The van der Waals surface area contributed by atoms with E-state index in [0.29, 0.717) is 11.3 Å². The van der Waals surface area contributed by atoms with Crippen molar-refractivity contribution in [2.45, 2.75) is 0 Å². The first-order chi connectivity index (χ1) is 10.6. The number of methoxy groups -OCH3 is 1. The normalized spacial score (nSPS) is 10.7. The van der Waals surface area contributed by atoms with Gasteiger partial charge in [0.05, 0.1) is 12.8 Å². The quantitative estimate of drug-likeness (QED) is 0.739. The van der Waals surface area contributed by atoms with E-state index in [9.17, 15) is 9.18 Å². The number of amides is 1. The number of carbonyl (C=O) groups excluding carboxylic acids is 1. The van der Waals surface area contributed by atoms with E-state index < -0.39 is 11.7 Å². The van der Waals surface area contributed by atoms with E-state index >= 15 is 0 Å². The molecule has 1 heterocycles. The van der Waals surface area contributed by atoms with E-state index in [1.54, 1.807) is 12.1 Å². The zero-order valence-corrected chi connectivity index (χ0v) is 13.1. The molecule has 3 aromatic rings. The zero-order chi connectivity index (χ0) is 15.7. The van der Waals surface area contributed by atoms with E-state index in [1.165, 1.54) is 25.3 Å². The highest BCUT2D eigenvalue weighted by atomic mass is 79.9. The minimum Gasteiger partial charge on any atom is -0.494 e. The summed E-state index contributed by atoms with van der Waals surface area (Å²) >= 11 is 3.36. The molecule has 1 aromatic heterocycles. The second-order valence-corrected chi connectivity index (χ2v) is 5.51. The van der Waals surface area contributed by atoms with Gasteiger partial charge in [0, 0.05) is 15.9 Å². The molecule has 0 fully saturated rings. The SMILES string of the molecule is COc1cc(F)ccc1NC(=O)c1cc2cc(Br)ccc2o1. The van der Waals surface area contributed by atoms with Gasteiger partial charge in [-0.2, -0.15) is 0 Å². The van der Waals surface area contributed by atoms with Crippen molar-refractivity contribution in [3.8, 4) is 5.75 Å². The maximum Gasteiger partial charge on any atom is 0.291 e. The number of fused-ring (bicyclic) bond motifs is 1. The second-order valence-electron chi connectivity index (χ2n) is 4.59. The smallest absolute Gasteiger partial charge is 0.291 e. The summed E-state index contributed by atoms with van der Waals surface area (Å²) in [4.78, 5) is 12.3. The minimum absolute atomic E-state index is 0.166. The maximum absolute atomic E-state index is 13.2. The van der Waals surface area contributed by atoms with Gasteiger partial charge in [-0.3, -0.25) is 4.79 Å². The fourth-order valence-electron chi connectivity index (χ4n) is 2.08. The largest absolute Gasteiger partial charge is 0.494 e. The highest BCUT2D eigenvalue weighted by molar-refractivity contribution is 9.10. The molecule has 4 nitrogen and oxygen atoms in total. The van der Waals surface area contributed by atoms with Crippen molar-refractivity contribution in [2.24, 2.45) is 0 Å². The van der Waals surface area contributed by atoms with Crippen molar-refractivity contribution < 1.29 is 18.3 Å². The topological polar surface area (TPSA) is 51.5 Å². The lowest BCUT2D eigenvalue weighted by molar-refractivity contribution is 0.0998. The summed E-state index contributed by atoms with van der Waals surface area (Å²) in [6.07, 6.45) is 0. The molecule has 1 amide bonds. The number of hydrogen-bond donors (Lipinski definition) is 1. The van der Waals surface area contributed by atoms with E-state index in [4.69, 9.17) is 9.15 Å². The van der Waals surface area contributed by atoms with Crippen molar-refractivity contribution in [3.05, 3.63) is 58.5 Å². The van der Waals surface area contributed by atoms with Crippen LogP contribution in [0.1, 0.15) is 10.6 Å². The van der Waals surface area contributed by atoms with Crippen molar-refractivity contribution in [2.75, 3.05) is 12.4 Å². The fourth-order valence-corrected chi connectivity index (χ4v) is 2.46. The van der Waals surface area contributed by atoms with Crippen LogP contribution in [-0.4, -0.2) is 13.0 Å². The average Bonchev–Trinajstić information content (AvgIpc) is 2.92. The maximum atomic E-state index is 13.2. The molecule has 0 aliphatic heterocycles. The first kappa shape index (κ1) is 14.6. The van der Waals surface area contributed by atoms with Crippen molar-refractivity contribution in [1.29, 1.82) is 0 Å². The molecule has 0 saturated carbocycles. The predicted molar refractivity (Wildman–Crippen MR) is 84.8 cm³/mol. The minimum atomic E-state index is -0.441. The van der Waals surface area contributed by atoms with E-state index in [1.807, 2.05) is 12.1 Å². The number of benzene rings is 2. The van der Waals surface area contributed by atoms with Crippen LogP contribution in [0.3, 0.4) is 0 Å². The third-order valence-electron chi connectivity index (χ3n) is 3.11. The average molecular weight is 364 g/mol. The fraction of sp³-hybridized carbons (Fsp3) is 0.0625. The Morgan fingerprint density at radius 1 is 1.23 bits per heavy atom. The molecule has 0 saturated heterocycles. The first-order valence-corrected chi connectivity index (χ1v) is 7.20. The highest BCUT2D eigenvalue weighted by Crippen LogP contribution is 2.27. The molecule has 1 N–H and O–H groups in total. The monoisotopic (exact) mass is 363 g/mol. The molecule has 0 unspecified atom stereocenters. The number of rotatable bonds is 3. The van der Waals surface area contributed by atoms with Gasteiger partial charge in [-0.05, 0) is 36.4 Å². The van der Waals surface area contributed by atoms with Crippen LogP contribution >= 0.6 is 15.9 Å². The van der Waals surface area contributed by atoms with Crippen molar-refractivity contribution in [3.63, 3.8) is 0 Å². The third kappa shape index (κ3) is 2.82. The molecule has 22 heavy (non-hydrogen) atoms. The van der Waals surface area contributed by atoms with Crippen LogP contribution in [0.2, 0.25) is 0 Å². The standard InChI is InChI=1S/C16H11BrFNO3/c1-21-14-8-11(18)3-4-12(14)19-16(20)15-7-9-6-10(17)2-5-13(9)22-15/h2-8H,1H3,(H,19,20). The summed E-state index contributed by atoms with van der Waals surface area (Å²) in [5, 5.41) is 3.46. The van der Waals surface area contributed by atoms with Gasteiger partial charge >= 0.3 is 0 Å². The molecule has 0 spiro atoms. The molecule has 112 valence electrons. The van der Waals surface area contributed by atoms with Gasteiger partial charge in [0.1, 0.15) is 17.1 Å². The Labute approximate surface area is 134 Å². The molecule has 6 heteroatoms. The Morgan fingerprint density at radius 2 is 2.05 bits per heavy atom. The second kappa shape index (κ2) is 5.81. The lowest BCUT2D eigenvalue weighted by Gasteiger charge is -2.08. The molecule has 0 atom stereocenters. The molecule has 3 rings (SSSR count). The summed E-state index contributed by atoms with van der Waals surface area (Å²) in [6.45, 7) is 0. The third-order valence-corrected chi connectivity index (χ3v) is 3.61. The molecule has 0 radical (unpaired) electrons. The Hall–Kier alpha value is -2.34. The van der Waals surface area contributed by atoms with Crippen LogP contribution in [-0.2, 0) is 0 Å². The van der Waals surface area contributed by atoms with Crippen LogP contribution in [0.15, 0.2) is 51.4 Å². The number of carbonyl (C=O) groups is 1. The van der Waals surface area contributed by atoms with Gasteiger partial charge in [-0.15, -0.1) is 0 Å². The van der Waals surface area contributed by atoms with Gasteiger partial charge in [-0.25, -0.2) is 4.39 Å². The summed E-state index contributed by atoms with van der Waals surface area (Å²) in [5.41, 5.74) is 0.981. The van der Waals surface area contributed by atoms with Crippen LogP contribution in [0.4, 0.5) is 10.1 Å².